The third-order valence-electron chi connectivity index (χ3n) is 5.05. The quantitative estimate of drug-likeness (QED) is 0.580. The molecular weight excluding hydrogens is 388 g/mol. The second kappa shape index (κ2) is 9.13. The number of benzene rings is 2. The molecule has 0 saturated carbocycles. The van der Waals surface area contributed by atoms with Crippen LogP contribution in [0.3, 0.4) is 0 Å². The third-order valence-corrected chi connectivity index (χ3v) is 5.77. The molecular formula is C22H24N2O4S. The van der Waals surface area contributed by atoms with Crippen LogP contribution in [0.2, 0.25) is 0 Å². The minimum atomic E-state index is -0.575. The van der Waals surface area contributed by atoms with Crippen molar-refractivity contribution in [3.8, 4) is 0 Å². The Morgan fingerprint density at radius 2 is 1.97 bits per heavy atom. The number of esters is 1. The van der Waals surface area contributed by atoms with Gasteiger partial charge < -0.3 is 15.0 Å². The number of hydrogen-bond acceptors (Lipinski definition) is 5. The molecule has 1 aliphatic rings. The van der Waals surface area contributed by atoms with Gasteiger partial charge >= 0.3 is 5.97 Å². The highest BCUT2D eigenvalue weighted by atomic mass is 32.2. The predicted molar refractivity (Wildman–Crippen MR) is 114 cm³/mol. The highest BCUT2D eigenvalue weighted by molar-refractivity contribution is 7.98. The van der Waals surface area contributed by atoms with E-state index in [0.29, 0.717) is 5.69 Å². The number of carbonyl (C=O) groups excluding carboxylic acids is 3. The van der Waals surface area contributed by atoms with Gasteiger partial charge in [-0.2, -0.15) is 0 Å². The Hall–Kier alpha value is -2.80. The SMILES string of the molecule is CSc1cccc(N2C[C@H](C(=O)OCC(=O)Nc3cccc(C)c3C)CC2=O)c1. The zero-order valence-corrected chi connectivity index (χ0v) is 17.5. The van der Waals surface area contributed by atoms with Crippen molar-refractivity contribution in [1.29, 1.82) is 0 Å². The second-order valence-electron chi connectivity index (χ2n) is 7.01. The molecule has 0 spiro atoms. The van der Waals surface area contributed by atoms with Crippen molar-refractivity contribution < 1.29 is 19.1 Å². The minimum Gasteiger partial charge on any atom is -0.455 e. The maximum Gasteiger partial charge on any atom is 0.311 e. The van der Waals surface area contributed by atoms with Crippen molar-refractivity contribution in [1.82, 2.24) is 0 Å². The van der Waals surface area contributed by atoms with Crippen LogP contribution in [0.4, 0.5) is 11.4 Å². The van der Waals surface area contributed by atoms with Gasteiger partial charge in [0.25, 0.3) is 5.91 Å². The van der Waals surface area contributed by atoms with Gasteiger partial charge in [-0.15, -0.1) is 11.8 Å². The number of nitrogens with zero attached hydrogens (tertiary/aromatic N) is 1. The van der Waals surface area contributed by atoms with Crippen LogP contribution in [-0.2, 0) is 19.1 Å². The van der Waals surface area contributed by atoms with Gasteiger partial charge in [-0.25, -0.2) is 0 Å². The normalized spacial score (nSPS) is 16.0. The first-order chi connectivity index (χ1) is 13.9. The van der Waals surface area contributed by atoms with E-state index in [1.54, 1.807) is 22.7 Å². The van der Waals surface area contributed by atoms with Gasteiger partial charge in [0, 0.05) is 29.2 Å². The Morgan fingerprint density at radius 3 is 2.72 bits per heavy atom. The molecule has 2 aromatic carbocycles. The molecule has 0 radical (unpaired) electrons. The fourth-order valence-electron chi connectivity index (χ4n) is 3.22. The Kier molecular flexibility index (Phi) is 6.59. The lowest BCUT2D eigenvalue weighted by molar-refractivity contribution is -0.151. The molecule has 152 valence electrons. The first kappa shape index (κ1) is 20.9. The summed E-state index contributed by atoms with van der Waals surface area (Å²) < 4.78 is 5.17. The van der Waals surface area contributed by atoms with Crippen molar-refractivity contribution in [2.24, 2.45) is 5.92 Å². The average molecular weight is 413 g/mol. The number of ether oxygens (including phenoxy) is 1. The van der Waals surface area contributed by atoms with Gasteiger partial charge in [-0.3, -0.25) is 14.4 Å². The van der Waals surface area contributed by atoms with Crippen LogP contribution >= 0.6 is 11.8 Å². The lowest BCUT2D eigenvalue weighted by atomic mass is 10.1. The molecule has 1 heterocycles. The fourth-order valence-corrected chi connectivity index (χ4v) is 3.67. The van der Waals surface area contributed by atoms with Crippen molar-refractivity contribution in [2.75, 3.05) is 29.6 Å². The predicted octanol–water partition coefficient (Wildman–Crippen LogP) is 3.56. The van der Waals surface area contributed by atoms with E-state index in [9.17, 15) is 14.4 Å². The standard InChI is InChI=1S/C22H24N2O4S/c1-14-6-4-9-19(15(14)2)23-20(25)13-28-22(27)16-10-21(26)24(12-16)17-7-5-8-18(11-17)29-3/h4-9,11,16H,10,12-13H2,1-3H3,(H,23,25)/t16-/m1/s1. The summed E-state index contributed by atoms with van der Waals surface area (Å²) in [6.07, 6.45) is 2.05. The molecule has 0 aromatic heterocycles. The first-order valence-corrected chi connectivity index (χ1v) is 10.6. The monoisotopic (exact) mass is 412 g/mol. The Labute approximate surface area is 174 Å². The van der Waals surface area contributed by atoms with Crippen LogP contribution in [0, 0.1) is 19.8 Å². The number of hydrogen-bond donors (Lipinski definition) is 1. The number of carbonyl (C=O) groups is 3. The molecule has 0 bridgehead atoms. The number of rotatable bonds is 6. The van der Waals surface area contributed by atoms with Gasteiger partial charge in [0.1, 0.15) is 0 Å². The Morgan fingerprint density at radius 1 is 1.21 bits per heavy atom. The van der Waals surface area contributed by atoms with E-state index >= 15 is 0 Å². The van der Waals surface area contributed by atoms with E-state index in [4.69, 9.17) is 4.74 Å². The number of amides is 2. The van der Waals surface area contributed by atoms with Crippen LogP contribution < -0.4 is 10.2 Å². The third kappa shape index (κ3) is 4.98. The molecule has 1 N–H and O–H groups in total. The molecule has 2 amide bonds. The molecule has 6 nitrogen and oxygen atoms in total. The average Bonchev–Trinajstić information content (AvgIpc) is 3.11. The van der Waals surface area contributed by atoms with Crippen LogP contribution in [0.15, 0.2) is 47.4 Å². The van der Waals surface area contributed by atoms with Crippen LogP contribution in [-0.4, -0.2) is 37.2 Å². The van der Waals surface area contributed by atoms with E-state index in [1.807, 2.05) is 56.5 Å². The number of aryl methyl sites for hydroxylation is 1. The van der Waals surface area contributed by atoms with Crippen LogP contribution in [0.25, 0.3) is 0 Å². The first-order valence-electron chi connectivity index (χ1n) is 9.36. The highest BCUT2D eigenvalue weighted by Crippen LogP contribution is 2.28. The van der Waals surface area contributed by atoms with E-state index in [0.717, 1.165) is 21.7 Å². The summed E-state index contributed by atoms with van der Waals surface area (Å²) in [6.45, 7) is 3.76. The minimum absolute atomic E-state index is 0.0843. The summed E-state index contributed by atoms with van der Waals surface area (Å²) in [5.41, 5.74) is 3.50. The van der Waals surface area contributed by atoms with Crippen molar-refractivity contribution in [3.05, 3.63) is 53.6 Å². The summed E-state index contributed by atoms with van der Waals surface area (Å²) in [5.74, 6) is -1.63. The summed E-state index contributed by atoms with van der Waals surface area (Å²) >= 11 is 1.59. The topological polar surface area (TPSA) is 75.7 Å². The van der Waals surface area contributed by atoms with Gasteiger partial charge in [-0.1, -0.05) is 18.2 Å². The molecule has 7 heteroatoms. The van der Waals surface area contributed by atoms with Gasteiger partial charge in [0.05, 0.1) is 5.92 Å². The smallest absolute Gasteiger partial charge is 0.311 e. The molecule has 3 rings (SSSR count). The molecule has 0 aliphatic carbocycles. The van der Waals surface area contributed by atoms with Gasteiger partial charge in [0.2, 0.25) is 5.91 Å². The molecule has 1 saturated heterocycles. The summed E-state index contributed by atoms with van der Waals surface area (Å²) in [7, 11) is 0. The maximum atomic E-state index is 12.4. The lowest BCUT2D eigenvalue weighted by Crippen LogP contribution is -2.28. The Bertz CT molecular complexity index is 944. The van der Waals surface area contributed by atoms with Crippen molar-refractivity contribution in [2.45, 2.75) is 25.2 Å². The molecule has 1 fully saturated rings. The second-order valence-corrected chi connectivity index (χ2v) is 7.89. The van der Waals surface area contributed by atoms with Crippen molar-refractivity contribution in [3.63, 3.8) is 0 Å². The molecule has 1 aliphatic heterocycles. The van der Waals surface area contributed by atoms with E-state index < -0.39 is 17.8 Å². The molecule has 1 atom stereocenters. The number of thioether (sulfide) groups is 1. The summed E-state index contributed by atoms with van der Waals surface area (Å²) in [5, 5.41) is 2.76. The number of nitrogens with one attached hydrogen (secondary N) is 1. The lowest BCUT2D eigenvalue weighted by Gasteiger charge is -2.17. The largest absolute Gasteiger partial charge is 0.455 e. The Balaban J connectivity index is 1.55. The molecule has 0 unspecified atom stereocenters. The maximum absolute atomic E-state index is 12.4. The van der Waals surface area contributed by atoms with E-state index in [1.165, 1.54) is 0 Å². The van der Waals surface area contributed by atoms with E-state index in [-0.39, 0.29) is 25.5 Å². The van der Waals surface area contributed by atoms with Gasteiger partial charge in [-0.05, 0) is 55.5 Å². The number of anilines is 2. The fraction of sp³-hybridized carbons (Fsp3) is 0.318. The summed E-state index contributed by atoms with van der Waals surface area (Å²) in [6, 6.07) is 13.2. The van der Waals surface area contributed by atoms with Gasteiger partial charge in [0.15, 0.2) is 6.61 Å². The zero-order chi connectivity index (χ0) is 21.0. The summed E-state index contributed by atoms with van der Waals surface area (Å²) in [4.78, 5) is 39.5. The molecule has 29 heavy (non-hydrogen) atoms. The van der Waals surface area contributed by atoms with Crippen LogP contribution in [0.1, 0.15) is 17.5 Å². The highest BCUT2D eigenvalue weighted by Gasteiger charge is 2.36. The molecule has 2 aromatic rings. The van der Waals surface area contributed by atoms with Crippen molar-refractivity contribution >= 4 is 40.9 Å². The van der Waals surface area contributed by atoms with E-state index in [2.05, 4.69) is 5.32 Å². The zero-order valence-electron chi connectivity index (χ0n) is 16.7. The van der Waals surface area contributed by atoms with Crippen LogP contribution in [0.5, 0.6) is 0 Å².